The van der Waals surface area contributed by atoms with Gasteiger partial charge in [-0.15, -0.1) is 0 Å². The molecule has 0 radical (unpaired) electrons. The van der Waals surface area contributed by atoms with Crippen molar-refractivity contribution in [1.29, 1.82) is 0 Å². The fraction of sp³-hybridized carbons (Fsp3) is 0.105. The molecule has 6 nitrogen and oxygen atoms in total. The fourth-order valence-corrected chi connectivity index (χ4v) is 2.91. The second kappa shape index (κ2) is 6.11. The van der Waals surface area contributed by atoms with E-state index in [1.54, 1.807) is 28.3 Å². The maximum atomic E-state index is 13.5. The third-order valence-electron chi connectivity index (χ3n) is 4.20. The minimum absolute atomic E-state index is 0.00981. The summed E-state index contributed by atoms with van der Waals surface area (Å²) in [6, 6.07) is 15.4. The number of halogens is 1. The summed E-state index contributed by atoms with van der Waals surface area (Å²) < 4.78 is 16.9. The van der Waals surface area contributed by atoms with Crippen LogP contribution in [0.3, 0.4) is 0 Å². The van der Waals surface area contributed by atoms with E-state index in [1.165, 1.54) is 18.2 Å². The maximum Gasteiger partial charge on any atom is 0.356 e. The van der Waals surface area contributed by atoms with Crippen LogP contribution >= 0.6 is 0 Å². The van der Waals surface area contributed by atoms with Crippen LogP contribution in [0.2, 0.25) is 0 Å². The van der Waals surface area contributed by atoms with E-state index in [0.717, 1.165) is 16.9 Å². The first-order valence-electron chi connectivity index (χ1n) is 8.02. The van der Waals surface area contributed by atoms with Gasteiger partial charge in [-0.1, -0.05) is 18.2 Å². The minimum atomic E-state index is -1.06. The van der Waals surface area contributed by atoms with E-state index in [2.05, 4.69) is 10.2 Å². The van der Waals surface area contributed by atoms with Crippen LogP contribution in [0.15, 0.2) is 54.6 Å². The van der Waals surface area contributed by atoms with E-state index in [4.69, 9.17) is 5.11 Å². The van der Waals surface area contributed by atoms with Gasteiger partial charge in [0.25, 0.3) is 0 Å². The first kappa shape index (κ1) is 16.0. The number of carboxylic acid groups (broad SMARTS) is 1. The van der Waals surface area contributed by atoms with E-state index in [9.17, 15) is 9.18 Å². The zero-order valence-corrected chi connectivity index (χ0v) is 13.9. The second-order valence-corrected chi connectivity index (χ2v) is 6.03. The van der Waals surface area contributed by atoms with Crippen LogP contribution in [0.25, 0.3) is 16.8 Å². The molecule has 7 heteroatoms. The van der Waals surface area contributed by atoms with Crippen molar-refractivity contribution in [2.45, 2.75) is 13.5 Å². The van der Waals surface area contributed by atoms with E-state index < -0.39 is 5.97 Å². The van der Waals surface area contributed by atoms with E-state index in [0.29, 0.717) is 17.8 Å². The lowest BCUT2D eigenvalue weighted by atomic mass is 10.1. The number of aromatic nitrogens is 4. The second-order valence-electron chi connectivity index (χ2n) is 6.03. The van der Waals surface area contributed by atoms with Crippen molar-refractivity contribution < 1.29 is 14.3 Å². The summed E-state index contributed by atoms with van der Waals surface area (Å²) in [6.07, 6.45) is 0. The number of benzene rings is 1. The predicted octanol–water partition coefficient (Wildman–Crippen LogP) is 3.39. The number of aryl methyl sites for hydroxylation is 1. The highest BCUT2D eigenvalue weighted by molar-refractivity contribution is 5.85. The van der Waals surface area contributed by atoms with Gasteiger partial charge >= 0.3 is 5.97 Å². The molecule has 1 N–H and O–H groups in total. The molecule has 0 aliphatic rings. The Morgan fingerprint density at radius 1 is 1.12 bits per heavy atom. The highest BCUT2D eigenvalue weighted by Crippen LogP contribution is 2.22. The lowest BCUT2D eigenvalue weighted by Crippen LogP contribution is -2.09. The number of fused-ring (bicyclic) bond motifs is 1. The van der Waals surface area contributed by atoms with Crippen molar-refractivity contribution in [1.82, 2.24) is 19.4 Å². The van der Waals surface area contributed by atoms with Gasteiger partial charge in [0.15, 0.2) is 5.69 Å². The van der Waals surface area contributed by atoms with Gasteiger partial charge in [-0.25, -0.2) is 13.7 Å². The van der Waals surface area contributed by atoms with E-state index >= 15 is 0 Å². The molecule has 1 aromatic carbocycles. The Balaban J connectivity index is 1.75. The van der Waals surface area contributed by atoms with Crippen LogP contribution in [0.4, 0.5) is 4.39 Å². The molecular weight excluding hydrogens is 335 g/mol. The van der Waals surface area contributed by atoms with Gasteiger partial charge in [0.1, 0.15) is 5.82 Å². The summed E-state index contributed by atoms with van der Waals surface area (Å²) in [5, 5.41) is 17.8. The zero-order valence-electron chi connectivity index (χ0n) is 13.9. The van der Waals surface area contributed by atoms with Gasteiger partial charge in [-0.05, 0) is 43.3 Å². The number of hydrogen-bond acceptors (Lipinski definition) is 3. The Labute approximate surface area is 148 Å². The van der Waals surface area contributed by atoms with Crippen molar-refractivity contribution in [3.8, 4) is 11.3 Å². The molecule has 26 heavy (non-hydrogen) atoms. The third-order valence-corrected chi connectivity index (χ3v) is 4.20. The minimum Gasteiger partial charge on any atom is -0.476 e. The quantitative estimate of drug-likeness (QED) is 0.612. The molecule has 0 saturated heterocycles. The largest absolute Gasteiger partial charge is 0.476 e. The van der Waals surface area contributed by atoms with Crippen LogP contribution < -0.4 is 0 Å². The van der Waals surface area contributed by atoms with Crippen LogP contribution in [-0.4, -0.2) is 30.5 Å². The van der Waals surface area contributed by atoms with Gasteiger partial charge in [0, 0.05) is 11.3 Å². The number of nitrogens with zero attached hydrogens (tertiary/aromatic N) is 4. The molecule has 0 aliphatic carbocycles. The number of hydrogen-bond donors (Lipinski definition) is 1. The SMILES string of the molecule is Cc1cc(C(=O)O)nn1Cc1cccc2cc(-c3cccc(F)c3)nn12. The van der Waals surface area contributed by atoms with Crippen molar-refractivity contribution in [3.63, 3.8) is 0 Å². The molecule has 3 heterocycles. The Kier molecular flexibility index (Phi) is 3.76. The molecule has 0 bridgehead atoms. The summed E-state index contributed by atoms with van der Waals surface area (Å²) >= 11 is 0. The number of pyridine rings is 1. The normalized spacial score (nSPS) is 11.2. The van der Waals surface area contributed by atoms with Crippen molar-refractivity contribution in [3.05, 3.63) is 77.5 Å². The number of carbonyl (C=O) groups is 1. The van der Waals surface area contributed by atoms with Gasteiger partial charge in [-0.3, -0.25) is 4.68 Å². The van der Waals surface area contributed by atoms with Gasteiger partial charge in [0.2, 0.25) is 0 Å². The molecule has 0 spiro atoms. The Morgan fingerprint density at radius 2 is 1.92 bits per heavy atom. The molecule has 4 aromatic rings. The van der Waals surface area contributed by atoms with Gasteiger partial charge in [-0.2, -0.15) is 10.2 Å². The fourth-order valence-electron chi connectivity index (χ4n) is 2.91. The predicted molar refractivity (Wildman–Crippen MR) is 93.6 cm³/mol. The first-order chi connectivity index (χ1) is 12.5. The van der Waals surface area contributed by atoms with Crippen molar-refractivity contribution in [2.24, 2.45) is 0 Å². The number of rotatable bonds is 4. The van der Waals surface area contributed by atoms with Crippen molar-refractivity contribution >= 4 is 11.5 Å². The third kappa shape index (κ3) is 2.83. The number of aromatic carboxylic acids is 1. The molecule has 0 unspecified atom stereocenters. The topological polar surface area (TPSA) is 72.4 Å². The van der Waals surface area contributed by atoms with E-state index in [1.807, 2.05) is 24.3 Å². The highest BCUT2D eigenvalue weighted by Gasteiger charge is 2.13. The van der Waals surface area contributed by atoms with Gasteiger partial charge in [0.05, 0.1) is 23.4 Å². The van der Waals surface area contributed by atoms with E-state index in [-0.39, 0.29) is 11.5 Å². The summed E-state index contributed by atoms with van der Waals surface area (Å²) in [4.78, 5) is 11.1. The van der Waals surface area contributed by atoms with Crippen LogP contribution in [0.1, 0.15) is 21.9 Å². The maximum absolute atomic E-state index is 13.5. The van der Waals surface area contributed by atoms with Crippen LogP contribution in [-0.2, 0) is 6.54 Å². The molecule has 0 amide bonds. The Morgan fingerprint density at radius 3 is 2.65 bits per heavy atom. The lowest BCUT2D eigenvalue weighted by Gasteiger charge is -2.07. The lowest BCUT2D eigenvalue weighted by molar-refractivity contribution is 0.0689. The van der Waals surface area contributed by atoms with Gasteiger partial charge < -0.3 is 5.11 Å². The molecule has 0 aliphatic heterocycles. The highest BCUT2D eigenvalue weighted by atomic mass is 19.1. The Bertz CT molecular complexity index is 1130. The molecule has 0 fully saturated rings. The number of carboxylic acids is 1. The smallest absolute Gasteiger partial charge is 0.356 e. The molecule has 130 valence electrons. The van der Waals surface area contributed by atoms with Crippen LogP contribution in [0, 0.1) is 12.7 Å². The first-order valence-corrected chi connectivity index (χ1v) is 8.02. The molecule has 3 aromatic heterocycles. The monoisotopic (exact) mass is 350 g/mol. The molecule has 4 rings (SSSR count). The van der Waals surface area contributed by atoms with Crippen molar-refractivity contribution in [2.75, 3.05) is 0 Å². The summed E-state index contributed by atoms with van der Waals surface area (Å²) in [5.41, 5.74) is 3.83. The Hall–Kier alpha value is -3.48. The molecule has 0 saturated carbocycles. The molecular formula is C19H15FN4O2. The summed E-state index contributed by atoms with van der Waals surface area (Å²) in [7, 11) is 0. The van der Waals surface area contributed by atoms with Crippen LogP contribution in [0.5, 0.6) is 0 Å². The summed E-state index contributed by atoms with van der Waals surface area (Å²) in [6.45, 7) is 2.18. The standard InChI is InChI=1S/C19H15FN4O2/c1-12-8-18(19(25)26)21-23(12)11-16-7-3-6-15-10-17(22-24(15)16)13-4-2-5-14(20)9-13/h2-10H,11H2,1H3,(H,25,26). The molecule has 0 atom stereocenters. The average molecular weight is 350 g/mol. The zero-order chi connectivity index (χ0) is 18.3. The average Bonchev–Trinajstić information content (AvgIpc) is 3.20. The summed E-state index contributed by atoms with van der Waals surface area (Å²) in [5.74, 6) is -1.37.